The lowest BCUT2D eigenvalue weighted by Crippen LogP contribution is -1.95. The van der Waals surface area contributed by atoms with Crippen LogP contribution in [-0.2, 0) is 7.05 Å². The number of hydrogen-bond donors (Lipinski definition) is 0. The third-order valence-corrected chi connectivity index (χ3v) is 13.8. The standard InChI is InChI=1S/C61H49N3O/c1-36-27-38(3)60(39(4)28-36)42-17-22-56-49(31-42)52-34-46(20-25-58(52)63(56)44-13-9-8-10-14-44)65-47-21-26-59-53(35-47)50-32-43(61-40(5)29-37(2)30-41(61)6)18-23-57(50)64(59)45-19-24-55-51(33-45)48-15-11-12-16-54(48)62(55)7/h8-35H,1-7H3. The number of nitrogens with zero attached hydrogens (tertiary/aromatic N) is 3. The van der Waals surface area contributed by atoms with Crippen molar-refractivity contribution in [1.29, 1.82) is 0 Å². The molecule has 0 atom stereocenters. The molecule has 12 rings (SSSR count). The van der Waals surface area contributed by atoms with Gasteiger partial charge in [-0.2, -0.15) is 0 Å². The summed E-state index contributed by atoms with van der Waals surface area (Å²) in [5, 5.41) is 7.20. The van der Waals surface area contributed by atoms with Crippen molar-refractivity contribution >= 4 is 65.4 Å². The van der Waals surface area contributed by atoms with E-state index in [0.717, 1.165) is 50.2 Å². The fraction of sp³-hybridized carbons (Fsp3) is 0.115. The van der Waals surface area contributed by atoms with E-state index >= 15 is 0 Å². The Balaban J connectivity index is 1.03. The minimum absolute atomic E-state index is 0.798. The highest BCUT2D eigenvalue weighted by Crippen LogP contribution is 2.42. The van der Waals surface area contributed by atoms with Crippen LogP contribution in [0.25, 0.3) is 99.0 Å². The van der Waals surface area contributed by atoms with Gasteiger partial charge in [0.1, 0.15) is 11.5 Å². The number of aryl methyl sites for hydroxylation is 7. The van der Waals surface area contributed by atoms with E-state index in [2.05, 4.69) is 232 Å². The van der Waals surface area contributed by atoms with E-state index in [1.54, 1.807) is 0 Å². The van der Waals surface area contributed by atoms with Crippen LogP contribution in [0, 0.1) is 41.5 Å². The van der Waals surface area contributed by atoms with Gasteiger partial charge < -0.3 is 18.4 Å². The van der Waals surface area contributed by atoms with Crippen molar-refractivity contribution in [2.24, 2.45) is 7.05 Å². The second kappa shape index (κ2) is 14.6. The molecule has 9 aromatic carbocycles. The molecule has 314 valence electrons. The van der Waals surface area contributed by atoms with Gasteiger partial charge in [0.25, 0.3) is 0 Å². The molecule has 0 bridgehead atoms. The summed E-state index contributed by atoms with van der Waals surface area (Å²) in [4.78, 5) is 0. The molecular weight excluding hydrogens is 791 g/mol. The van der Waals surface area contributed by atoms with E-state index in [1.165, 1.54) is 93.7 Å². The lowest BCUT2D eigenvalue weighted by atomic mass is 9.93. The molecule has 0 radical (unpaired) electrons. The normalized spacial score (nSPS) is 11.9. The Kier molecular flexibility index (Phi) is 8.73. The Morgan fingerprint density at radius 3 is 1.28 bits per heavy atom. The van der Waals surface area contributed by atoms with E-state index < -0.39 is 0 Å². The van der Waals surface area contributed by atoms with E-state index in [4.69, 9.17) is 4.74 Å². The maximum absolute atomic E-state index is 6.94. The second-order valence-corrected chi connectivity index (χ2v) is 18.3. The van der Waals surface area contributed by atoms with Crippen molar-refractivity contribution in [2.45, 2.75) is 41.5 Å². The molecule has 0 aliphatic heterocycles. The molecule has 0 fully saturated rings. The number of benzene rings is 9. The topological polar surface area (TPSA) is 24.0 Å². The number of para-hydroxylation sites is 2. The predicted molar refractivity (Wildman–Crippen MR) is 275 cm³/mol. The van der Waals surface area contributed by atoms with E-state index in [0.29, 0.717) is 0 Å². The molecule has 0 aliphatic rings. The van der Waals surface area contributed by atoms with Gasteiger partial charge in [-0.15, -0.1) is 0 Å². The lowest BCUT2D eigenvalue weighted by Gasteiger charge is -2.13. The average Bonchev–Trinajstić information content (AvgIpc) is 3.90. The zero-order valence-electron chi connectivity index (χ0n) is 37.9. The smallest absolute Gasteiger partial charge is 0.128 e. The van der Waals surface area contributed by atoms with Crippen LogP contribution in [0.15, 0.2) is 170 Å². The summed E-state index contributed by atoms with van der Waals surface area (Å²) < 4.78 is 14.0. The maximum atomic E-state index is 6.94. The minimum Gasteiger partial charge on any atom is -0.457 e. The van der Waals surface area contributed by atoms with Gasteiger partial charge in [-0.05, 0) is 183 Å². The summed E-state index contributed by atoms with van der Waals surface area (Å²) in [6, 6.07) is 62.5. The van der Waals surface area contributed by atoms with Crippen LogP contribution in [-0.4, -0.2) is 13.7 Å². The molecule has 4 heteroatoms. The SMILES string of the molecule is Cc1cc(C)c(-c2ccc3c(c2)c2cc(Oc4ccc5c(c4)c4cc(-c6c(C)cc(C)cc6C)ccc4n5-c4ccc5c(c4)c4ccccc4n5C)ccc2n3-c2ccccc2)c(C)c1. The van der Waals surface area contributed by atoms with E-state index in [-0.39, 0.29) is 0 Å². The molecule has 0 saturated heterocycles. The van der Waals surface area contributed by atoms with Crippen LogP contribution in [0.1, 0.15) is 33.4 Å². The highest BCUT2D eigenvalue weighted by Gasteiger charge is 2.20. The van der Waals surface area contributed by atoms with Crippen LogP contribution in [0.4, 0.5) is 0 Å². The van der Waals surface area contributed by atoms with Gasteiger partial charge in [-0.25, -0.2) is 0 Å². The molecule has 3 aromatic heterocycles. The molecule has 0 spiro atoms. The second-order valence-electron chi connectivity index (χ2n) is 18.3. The molecule has 0 aliphatic carbocycles. The first-order valence-corrected chi connectivity index (χ1v) is 22.6. The zero-order chi connectivity index (χ0) is 44.2. The quantitative estimate of drug-likeness (QED) is 0.164. The third kappa shape index (κ3) is 6.12. The van der Waals surface area contributed by atoms with E-state index in [1.807, 2.05) is 0 Å². The summed E-state index contributed by atoms with van der Waals surface area (Å²) in [5.74, 6) is 1.60. The first-order chi connectivity index (χ1) is 31.6. The third-order valence-electron chi connectivity index (χ3n) is 13.8. The fourth-order valence-corrected chi connectivity index (χ4v) is 11.3. The summed E-state index contributed by atoms with van der Waals surface area (Å²) in [7, 11) is 2.16. The monoisotopic (exact) mass is 839 g/mol. The van der Waals surface area contributed by atoms with Gasteiger partial charge in [-0.3, -0.25) is 0 Å². The van der Waals surface area contributed by atoms with Crippen LogP contribution in [0.2, 0.25) is 0 Å². The number of fused-ring (bicyclic) bond motifs is 9. The minimum atomic E-state index is 0.798. The summed E-state index contributed by atoms with van der Waals surface area (Å²) in [6.07, 6.45) is 0. The molecule has 12 aromatic rings. The van der Waals surface area contributed by atoms with Gasteiger partial charge in [0.2, 0.25) is 0 Å². The van der Waals surface area contributed by atoms with Gasteiger partial charge in [0.05, 0.1) is 22.1 Å². The highest BCUT2D eigenvalue weighted by atomic mass is 16.5. The number of aromatic nitrogens is 3. The van der Waals surface area contributed by atoms with Crippen LogP contribution in [0.5, 0.6) is 11.5 Å². The summed E-state index contributed by atoms with van der Waals surface area (Å²) in [6.45, 7) is 13.3. The Bertz CT molecular complexity index is 3890. The van der Waals surface area contributed by atoms with Crippen molar-refractivity contribution in [1.82, 2.24) is 13.7 Å². The van der Waals surface area contributed by atoms with E-state index in [9.17, 15) is 0 Å². The van der Waals surface area contributed by atoms with Gasteiger partial charge >= 0.3 is 0 Å². The molecule has 0 N–H and O–H groups in total. The Hall–Kier alpha value is -7.82. The van der Waals surface area contributed by atoms with Crippen molar-refractivity contribution in [3.8, 4) is 45.1 Å². The molecular formula is C61H49N3O. The zero-order valence-corrected chi connectivity index (χ0v) is 37.9. The summed E-state index contributed by atoms with van der Waals surface area (Å²) in [5.41, 5.74) is 22.1. The summed E-state index contributed by atoms with van der Waals surface area (Å²) >= 11 is 0. The van der Waals surface area contributed by atoms with Gasteiger partial charge in [0.15, 0.2) is 0 Å². The molecule has 0 saturated carbocycles. The Labute approximate surface area is 379 Å². The molecule has 0 unspecified atom stereocenters. The highest BCUT2D eigenvalue weighted by molar-refractivity contribution is 6.14. The fourth-order valence-electron chi connectivity index (χ4n) is 11.3. The molecule has 3 heterocycles. The molecule has 0 amide bonds. The van der Waals surface area contributed by atoms with Crippen LogP contribution >= 0.6 is 0 Å². The Morgan fingerprint density at radius 2 is 0.738 bits per heavy atom. The number of hydrogen-bond acceptors (Lipinski definition) is 1. The van der Waals surface area contributed by atoms with Crippen LogP contribution < -0.4 is 4.74 Å². The number of rotatable bonds is 6. The Morgan fingerprint density at radius 1 is 0.323 bits per heavy atom. The maximum Gasteiger partial charge on any atom is 0.128 e. The van der Waals surface area contributed by atoms with Crippen molar-refractivity contribution < 1.29 is 4.74 Å². The number of ether oxygens (including phenoxy) is 1. The van der Waals surface area contributed by atoms with Crippen molar-refractivity contribution in [2.75, 3.05) is 0 Å². The first kappa shape index (κ1) is 38.8. The largest absolute Gasteiger partial charge is 0.457 e. The van der Waals surface area contributed by atoms with Crippen LogP contribution in [0.3, 0.4) is 0 Å². The molecule has 4 nitrogen and oxygen atoms in total. The molecule has 65 heavy (non-hydrogen) atoms. The van der Waals surface area contributed by atoms with Crippen molar-refractivity contribution in [3.63, 3.8) is 0 Å². The first-order valence-electron chi connectivity index (χ1n) is 22.6. The lowest BCUT2D eigenvalue weighted by molar-refractivity contribution is 0.484. The van der Waals surface area contributed by atoms with Gasteiger partial charge in [0, 0.05) is 61.8 Å². The van der Waals surface area contributed by atoms with Gasteiger partial charge in [-0.1, -0.05) is 83.9 Å². The predicted octanol–water partition coefficient (Wildman–Crippen LogP) is 16.5. The van der Waals surface area contributed by atoms with Crippen molar-refractivity contribution in [3.05, 3.63) is 203 Å². The average molecular weight is 840 g/mol.